The first-order valence-electron chi connectivity index (χ1n) is 16.0. The van der Waals surface area contributed by atoms with Gasteiger partial charge in [-0.2, -0.15) is 0 Å². The lowest BCUT2D eigenvalue weighted by atomic mass is 9.95. The molecule has 2 aliphatic rings. The van der Waals surface area contributed by atoms with Crippen molar-refractivity contribution in [2.24, 2.45) is 5.92 Å². The molecule has 246 valence electrons. The van der Waals surface area contributed by atoms with Crippen LogP contribution in [0.2, 0.25) is 0 Å². The van der Waals surface area contributed by atoms with Crippen molar-refractivity contribution in [1.29, 1.82) is 0 Å². The second kappa shape index (κ2) is 14.5. The summed E-state index contributed by atoms with van der Waals surface area (Å²) in [6, 6.07) is 5.95. The third kappa shape index (κ3) is 6.84. The molecular weight excluding hydrogens is 604 g/mol. The number of carbonyl (C=O) groups excluding carboxylic acids is 2. The van der Waals surface area contributed by atoms with Crippen LogP contribution in [-0.2, 0) is 28.9 Å². The molecule has 1 heterocycles. The number of carbonyl (C=O) groups is 2. The Hall–Kier alpha value is -4.12. The van der Waals surface area contributed by atoms with E-state index in [2.05, 4.69) is 16.0 Å². The van der Waals surface area contributed by atoms with Crippen LogP contribution in [0.15, 0.2) is 29.1 Å². The lowest BCUT2D eigenvalue weighted by Gasteiger charge is -2.23. The van der Waals surface area contributed by atoms with E-state index in [1.807, 2.05) is 26.0 Å². The van der Waals surface area contributed by atoms with Gasteiger partial charge in [0.2, 0.25) is 23.0 Å². The highest BCUT2D eigenvalue weighted by Gasteiger charge is 2.31. The van der Waals surface area contributed by atoms with E-state index < -0.39 is 12.1 Å². The van der Waals surface area contributed by atoms with Crippen molar-refractivity contribution in [1.82, 2.24) is 10.3 Å². The third-order valence-corrected chi connectivity index (χ3v) is 10.1. The average molecular weight is 649 g/mol. The molecule has 5 rings (SSSR count). The quantitative estimate of drug-likeness (QED) is 0.227. The minimum atomic E-state index is -0.680. The molecule has 0 unspecified atom stereocenters. The van der Waals surface area contributed by atoms with Crippen molar-refractivity contribution in [3.63, 3.8) is 0 Å². The number of benzene rings is 1. The number of hydrogen-bond donors (Lipinski definition) is 3. The maximum absolute atomic E-state index is 13.9. The maximum Gasteiger partial charge on any atom is 0.248 e. The van der Waals surface area contributed by atoms with Crippen molar-refractivity contribution < 1.29 is 23.8 Å². The number of hydrogen-bond acceptors (Lipinski definition) is 9. The first-order valence-corrected chi connectivity index (χ1v) is 16.8. The Bertz CT molecular complexity index is 1650. The second-order valence-electron chi connectivity index (χ2n) is 12.0. The normalized spacial score (nSPS) is 16.7. The van der Waals surface area contributed by atoms with Gasteiger partial charge in [0.15, 0.2) is 16.6 Å². The molecule has 11 heteroatoms. The predicted molar refractivity (Wildman–Crippen MR) is 182 cm³/mol. The molecule has 3 atom stereocenters. The van der Waals surface area contributed by atoms with Gasteiger partial charge in [-0.05, 0) is 79.3 Å². The lowest BCUT2D eigenvalue weighted by molar-refractivity contribution is -0.120. The number of aromatic nitrogens is 1. The average Bonchev–Trinajstić information content (AvgIpc) is 3.14. The van der Waals surface area contributed by atoms with E-state index in [9.17, 15) is 14.4 Å². The summed E-state index contributed by atoms with van der Waals surface area (Å²) in [5, 5.41) is 9.96. The Labute approximate surface area is 274 Å². The van der Waals surface area contributed by atoms with Crippen LogP contribution in [0, 0.1) is 5.92 Å². The summed E-state index contributed by atoms with van der Waals surface area (Å²) >= 11 is 1.55. The number of anilines is 2. The molecule has 46 heavy (non-hydrogen) atoms. The molecule has 0 aliphatic heterocycles. The number of fused-ring (bicyclic) bond motifs is 4. The van der Waals surface area contributed by atoms with E-state index in [0.717, 1.165) is 54.5 Å². The summed E-state index contributed by atoms with van der Waals surface area (Å²) in [5.74, 6) is 0.940. The zero-order valence-corrected chi connectivity index (χ0v) is 28.3. The van der Waals surface area contributed by atoms with Gasteiger partial charge in [-0.25, -0.2) is 4.98 Å². The van der Waals surface area contributed by atoms with Gasteiger partial charge in [-0.1, -0.05) is 32.8 Å². The van der Waals surface area contributed by atoms with E-state index in [1.165, 1.54) is 18.2 Å². The van der Waals surface area contributed by atoms with Crippen LogP contribution in [0.25, 0.3) is 11.1 Å². The third-order valence-electron chi connectivity index (χ3n) is 9.05. The van der Waals surface area contributed by atoms with Gasteiger partial charge < -0.3 is 30.2 Å². The molecule has 0 saturated heterocycles. The molecule has 0 radical (unpaired) electrons. The van der Waals surface area contributed by atoms with Crippen LogP contribution in [0.1, 0.15) is 80.6 Å². The number of aryl methyl sites for hydroxylation is 3. The lowest BCUT2D eigenvalue weighted by Crippen LogP contribution is -2.40. The summed E-state index contributed by atoms with van der Waals surface area (Å²) in [6.45, 7) is 5.48. The topological polar surface area (TPSA) is 128 Å². The molecule has 3 aromatic rings. The molecule has 10 nitrogen and oxygen atoms in total. The highest BCUT2D eigenvalue weighted by atomic mass is 32.1. The molecular formula is C35H44N4O6S. The predicted octanol–water partition coefficient (Wildman–Crippen LogP) is 6.05. The monoisotopic (exact) mass is 648 g/mol. The van der Waals surface area contributed by atoms with Crippen LogP contribution in [0.3, 0.4) is 0 Å². The fraction of sp³-hybridized carbons (Fsp3) is 0.486. The standard InChI is InChI=1S/C35H44N4O6S/c1-7-19(2)31(34(42)39-35-38-26-11-9-8-10-12-29(26)46-35)37-25-16-14-22-23(18-27(25)41)24(36-20(3)40)15-13-21-17-28(43-4)32(44-5)33(45-6)30(21)22/h14,16-19,24,31H,7-13,15H2,1-6H3,(H,36,40)(H,37,41)(H,38,39,42)/t19-,24+,31+/m0/s1. The zero-order chi connectivity index (χ0) is 33.0. The van der Waals surface area contributed by atoms with Crippen LogP contribution >= 0.6 is 11.3 Å². The molecule has 0 bridgehead atoms. The van der Waals surface area contributed by atoms with Crippen LogP contribution in [-0.4, -0.2) is 44.2 Å². The molecule has 0 saturated carbocycles. The van der Waals surface area contributed by atoms with Crippen LogP contribution in [0.5, 0.6) is 17.2 Å². The van der Waals surface area contributed by atoms with Gasteiger partial charge in [0.1, 0.15) is 6.04 Å². The SMILES string of the molecule is CC[C@H](C)[C@@H](Nc1ccc2c(cc1=O)[C@H](NC(C)=O)CCc1cc(OC)c(OC)c(OC)c1-2)C(=O)Nc1nc2c(s1)CCCCC2. The number of methoxy groups -OCH3 is 3. The number of nitrogens with zero attached hydrogens (tertiary/aromatic N) is 1. The summed E-state index contributed by atoms with van der Waals surface area (Å²) in [7, 11) is 4.69. The first-order chi connectivity index (χ1) is 22.2. The van der Waals surface area contributed by atoms with Gasteiger partial charge in [0.25, 0.3) is 0 Å². The summed E-state index contributed by atoms with van der Waals surface area (Å²) in [6.07, 6.45) is 7.26. The van der Waals surface area contributed by atoms with Crippen LogP contribution in [0.4, 0.5) is 10.8 Å². The van der Waals surface area contributed by atoms with Gasteiger partial charge in [0, 0.05) is 17.4 Å². The second-order valence-corrected chi connectivity index (χ2v) is 13.1. The molecule has 3 N–H and O–H groups in total. The molecule has 2 amide bonds. The first kappa shape index (κ1) is 33.2. The van der Waals surface area contributed by atoms with Gasteiger partial charge in [-0.3, -0.25) is 14.4 Å². The molecule has 0 fully saturated rings. The smallest absolute Gasteiger partial charge is 0.248 e. The molecule has 2 aromatic carbocycles. The van der Waals surface area contributed by atoms with Gasteiger partial charge in [-0.15, -0.1) is 11.3 Å². The molecule has 1 aromatic heterocycles. The highest BCUT2D eigenvalue weighted by molar-refractivity contribution is 7.15. The fourth-order valence-corrected chi connectivity index (χ4v) is 7.51. The van der Waals surface area contributed by atoms with E-state index in [-0.39, 0.29) is 28.8 Å². The largest absolute Gasteiger partial charge is 0.493 e. The zero-order valence-electron chi connectivity index (χ0n) is 27.5. The van der Waals surface area contributed by atoms with Crippen LogP contribution < -0.4 is 35.6 Å². The van der Waals surface area contributed by atoms with Crippen molar-refractivity contribution in [2.75, 3.05) is 32.0 Å². The number of amides is 2. The maximum atomic E-state index is 13.9. The summed E-state index contributed by atoms with van der Waals surface area (Å²) in [4.78, 5) is 46.0. The molecule has 2 aliphatic carbocycles. The van der Waals surface area contributed by atoms with Crippen molar-refractivity contribution in [3.8, 4) is 28.4 Å². The highest BCUT2D eigenvalue weighted by Crippen LogP contribution is 2.50. The number of nitrogens with one attached hydrogen (secondary N) is 3. The van der Waals surface area contributed by atoms with Gasteiger partial charge >= 0.3 is 0 Å². The minimum absolute atomic E-state index is 0.0785. The van der Waals surface area contributed by atoms with Crippen molar-refractivity contribution >= 4 is 34.0 Å². The Balaban J connectivity index is 1.57. The Morgan fingerprint density at radius 3 is 2.48 bits per heavy atom. The van der Waals surface area contributed by atoms with Crippen molar-refractivity contribution in [2.45, 2.75) is 84.2 Å². The van der Waals surface area contributed by atoms with E-state index >= 15 is 0 Å². The Kier molecular flexibility index (Phi) is 10.5. The summed E-state index contributed by atoms with van der Waals surface area (Å²) in [5.41, 5.74) is 4.17. The number of thiazole rings is 1. The minimum Gasteiger partial charge on any atom is -0.493 e. The van der Waals surface area contributed by atoms with Crippen molar-refractivity contribution in [3.05, 3.63) is 56.2 Å². The van der Waals surface area contributed by atoms with E-state index in [0.29, 0.717) is 40.8 Å². The van der Waals surface area contributed by atoms with Gasteiger partial charge in [0.05, 0.1) is 38.8 Å². The Morgan fingerprint density at radius 1 is 1.02 bits per heavy atom. The Morgan fingerprint density at radius 2 is 1.78 bits per heavy atom. The number of rotatable bonds is 10. The number of ether oxygens (including phenoxy) is 3. The molecule has 0 spiro atoms. The van der Waals surface area contributed by atoms with E-state index in [4.69, 9.17) is 19.2 Å². The fourth-order valence-electron chi connectivity index (χ4n) is 6.46. The van der Waals surface area contributed by atoms with E-state index in [1.54, 1.807) is 44.8 Å². The summed E-state index contributed by atoms with van der Waals surface area (Å²) < 4.78 is 17.2.